The van der Waals surface area contributed by atoms with Gasteiger partial charge in [-0.15, -0.1) is 10.2 Å². The van der Waals surface area contributed by atoms with E-state index in [0.29, 0.717) is 6.04 Å². The molecule has 1 aliphatic rings. The smallest absolute Gasteiger partial charge is 0.139 e. The molecule has 0 saturated carbocycles. The molecule has 1 atom stereocenters. The molecule has 0 fully saturated rings. The molecule has 0 amide bonds. The van der Waals surface area contributed by atoms with Gasteiger partial charge in [0.2, 0.25) is 0 Å². The molecule has 3 aromatic rings. The minimum atomic E-state index is 0.492. The van der Waals surface area contributed by atoms with E-state index < -0.39 is 0 Å². The fourth-order valence-corrected chi connectivity index (χ4v) is 4.02. The molecular formula is C18H24N6. The summed E-state index contributed by atoms with van der Waals surface area (Å²) in [6.07, 6.45) is 6.82. The van der Waals surface area contributed by atoms with Gasteiger partial charge in [-0.2, -0.15) is 0 Å². The van der Waals surface area contributed by atoms with Gasteiger partial charge < -0.3 is 4.57 Å². The summed E-state index contributed by atoms with van der Waals surface area (Å²) in [6.45, 7) is 9.73. The zero-order valence-electron chi connectivity index (χ0n) is 14.6. The number of aryl methyl sites for hydroxylation is 1. The maximum atomic E-state index is 3.93. The Bertz CT molecular complexity index is 826. The van der Waals surface area contributed by atoms with Crippen LogP contribution in [-0.4, -0.2) is 35.6 Å². The third kappa shape index (κ3) is 2.38. The van der Waals surface area contributed by atoms with E-state index in [1.165, 1.54) is 22.6 Å². The normalized spacial score (nSPS) is 18.0. The highest BCUT2D eigenvalue weighted by atomic mass is 15.5. The predicted octanol–water partition coefficient (Wildman–Crippen LogP) is 2.78. The maximum absolute atomic E-state index is 3.93. The zero-order valence-corrected chi connectivity index (χ0v) is 14.6. The highest BCUT2D eigenvalue weighted by Crippen LogP contribution is 2.31. The van der Waals surface area contributed by atoms with Crippen molar-refractivity contribution in [3.05, 3.63) is 59.7 Å². The van der Waals surface area contributed by atoms with Gasteiger partial charge in [0.05, 0.1) is 6.04 Å². The Hall–Kier alpha value is -2.34. The maximum Gasteiger partial charge on any atom is 0.139 e. The number of hydrogen-bond donors (Lipinski definition) is 0. The molecule has 4 rings (SSSR count). The second kappa shape index (κ2) is 5.94. The van der Waals surface area contributed by atoms with E-state index in [9.17, 15) is 0 Å². The molecule has 126 valence electrons. The summed E-state index contributed by atoms with van der Waals surface area (Å²) in [7, 11) is 0. The number of aromatic nitrogens is 5. The van der Waals surface area contributed by atoms with Gasteiger partial charge in [0.1, 0.15) is 12.7 Å². The van der Waals surface area contributed by atoms with Crippen molar-refractivity contribution in [1.82, 2.24) is 29.0 Å². The van der Waals surface area contributed by atoms with Crippen molar-refractivity contribution >= 4 is 0 Å². The summed E-state index contributed by atoms with van der Waals surface area (Å²) in [5, 5.41) is 7.86. The largest absolute Gasteiger partial charge is 0.349 e. The van der Waals surface area contributed by atoms with Crippen molar-refractivity contribution in [2.24, 2.45) is 0 Å². The van der Waals surface area contributed by atoms with E-state index in [-0.39, 0.29) is 0 Å². The first-order valence-corrected chi connectivity index (χ1v) is 8.61. The second-order valence-corrected chi connectivity index (χ2v) is 6.57. The first-order valence-electron chi connectivity index (χ1n) is 8.61. The molecule has 6 heteroatoms. The third-order valence-corrected chi connectivity index (χ3v) is 5.17. The van der Waals surface area contributed by atoms with E-state index in [1.54, 1.807) is 12.7 Å². The first-order chi connectivity index (χ1) is 11.7. The Balaban J connectivity index is 1.63. The molecule has 0 bridgehead atoms. The Morgan fingerprint density at radius 3 is 2.71 bits per heavy atom. The Morgan fingerprint density at radius 1 is 1.17 bits per heavy atom. The molecule has 1 aliphatic heterocycles. The van der Waals surface area contributed by atoms with Crippen molar-refractivity contribution in [3.8, 4) is 0 Å². The van der Waals surface area contributed by atoms with Gasteiger partial charge in [-0.25, -0.2) is 4.68 Å². The van der Waals surface area contributed by atoms with E-state index in [0.717, 1.165) is 26.1 Å². The summed E-state index contributed by atoms with van der Waals surface area (Å²) >= 11 is 0. The van der Waals surface area contributed by atoms with Crippen molar-refractivity contribution in [3.63, 3.8) is 0 Å². The van der Waals surface area contributed by atoms with Gasteiger partial charge in [-0.1, -0.05) is 6.92 Å². The number of rotatable bonds is 4. The van der Waals surface area contributed by atoms with Gasteiger partial charge in [-0.3, -0.25) is 9.58 Å². The van der Waals surface area contributed by atoms with E-state index >= 15 is 0 Å². The average molecular weight is 324 g/mol. The van der Waals surface area contributed by atoms with Crippen LogP contribution >= 0.6 is 0 Å². The van der Waals surface area contributed by atoms with E-state index in [4.69, 9.17) is 0 Å². The molecule has 24 heavy (non-hydrogen) atoms. The lowest BCUT2D eigenvalue weighted by molar-refractivity contribution is 0.144. The van der Waals surface area contributed by atoms with Gasteiger partial charge in [0.25, 0.3) is 0 Å². The first kappa shape index (κ1) is 15.2. The Kier molecular flexibility index (Phi) is 3.76. The van der Waals surface area contributed by atoms with Crippen LogP contribution < -0.4 is 0 Å². The van der Waals surface area contributed by atoms with E-state index in [2.05, 4.69) is 69.5 Å². The number of hydrogen-bond acceptors (Lipinski definition) is 3. The standard InChI is InChI=1S/C18H24N6/c1-4-17-18-6-5-7-21(18)8-9-22(17)11-16-10-14(2)24(15(16)3)23-12-19-20-13-23/h5-7,10,12-13,17H,4,8-9,11H2,1-3H3/t17-/m1/s1. The lowest BCUT2D eigenvalue weighted by Crippen LogP contribution is -2.37. The SMILES string of the molecule is CC[C@@H]1c2cccn2CCN1Cc1cc(C)n(-n2cnnc2)c1C. The molecule has 3 aromatic heterocycles. The third-order valence-electron chi connectivity index (χ3n) is 5.17. The second-order valence-electron chi connectivity index (χ2n) is 6.57. The van der Waals surface area contributed by atoms with Crippen LogP contribution in [-0.2, 0) is 13.1 Å². The molecule has 0 aromatic carbocycles. The van der Waals surface area contributed by atoms with Gasteiger partial charge in [0.15, 0.2) is 0 Å². The van der Waals surface area contributed by atoms with Gasteiger partial charge in [-0.05, 0) is 44.0 Å². The summed E-state index contributed by atoms with van der Waals surface area (Å²) in [4.78, 5) is 2.60. The van der Waals surface area contributed by atoms with Crippen LogP contribution in [0.15, 0.2) is 37.1 Å². The van der Waals surface area contributed by atoms with Crippen LogP contribution in [0.1, 0.15) is 42.0 Å². The molecule has 0 N–H and O–H groups in total. The fourth-order valence-electron chi connectivity index (χ4n) is 4.02. The monoisotopic (exact) mass is 324 g/mol. The van der Waals surface area contributed by atoms with Crippen LogP contribution in [0.3, 0.4) is 0 Å². The molecule has 0 radical (unpaired) electrons. The van der Waals surface area contributed by atoms with Crippen molar-refractivity contribution in [2.45, 2.75) is 46.3 Å². The predicted molar refractivity (Wildman–Crippen MR) is 92.6 cm³/mol. The summed E-state index contributed by atoms with van der Waals surface area (Å²) in [6, 6.07) is 7.21. The Morgan fingerprint density at radius 2 is 1.96 bits per heavy atom. The minimum absolute atomic E-state index is 0.492. The van der Waals surface area contributed by atoms with Crippen molar-refractivity contribution < 1.29 is 0 Å². The van der Waals surface area contributed by atoms with Crippen LogP contribution in [0, 0.1) is 13.8 Å². The zero-order chi connectivity index (χ0) is 16.7. The average Bonchev–Trinajstić information content (AvgIpc) is 3.29. The van der Waals surface area contributed by atoms with Crippen molar-refractivity contribution in [2.75, 3.05) is 6.54 Å². The van der Waals surface area contributed by atoms with Crippen LogP contribution in [0.4, 0.5) is 0 Å². The summed E-state index contributed by atoms with van der Waals surface area (Å²) < 4.78 is 6.50. The molecule has 0 aliphatic carbocycles. The lowest BCUT2D eigenvalue weighted by atomic mass is 10.1. The minimum Gasteiger partial charge on any atom is -0.349 e. The quantitative estimate of drug-likeness (QED) is 0.741. The van der Waals surface area contributed by atoms with Crippen LogP contribution in [0.5, 0.6) is 0 Å². The molecule has 6 nitrogen and oxygen atoms in total. The van der Waals surface area contributed by atoms with Crippen LogP contribution in [0.2, 0.25) is 0 Å². The molecular weight excluding hydrogens is 300 g/mol. The molecule has 4 heterocycles. The molecule has 0 unspecified atom stereocenters. The summed E-state index contributed by atoms with van der Waals surface area (Å²) in [5.74, 6) is 0. The number of fused-ring (bicyclic) bond motifs is 1. The van der Waals surface area contributed by atoms with Gasteiger partial charge >= 0.3 is 0 Å². The van der Waals surface area contributed by atoms with Crippen LogP contribution in [0.25, 0.3) is 0 Å². The summed E-state index contributed by atoms with van der Waals surface area (Å²) in [5.41, 5.74) is 5.27. The molecule has 0 saturated heterocycles. The van der Waals surface area contributed by atoms with Crippen molar-refractivity contribution in [1.29, 1.82) is 0 Å². The van der Waals surface area contributed by atoms with Gasteiger partial charge in [0, 0.05) is 42.9 Å². The molecule has 0 spiro atoms. The van der Waals surface area contributed by atoms with E-state index in [1.807, 2.05) is 4.68 Å². The fraction of sp³-hybridized carbons (Fsp3) is 0.444. The number of nitrogens with zero attached hydrogens (tertiary/aromatic N) is 6. The topological polar surface area (TPSA) is 43.8 Å². The highest BCUT2D eigenvalue weighted by Gasteiger charge is 2.26. The Labute approximate surface area is 142 Å². The highest BCUT2D eigenvalue weighted by molar-refractivity contribution is 5.27. The lowest BCUT2D eigenvalue weighted by Gasteiger charge is -2.36.